The molecule has 1 rings (SSSR count). The maximum atomic E-state index is 12.2. The lowest BCUT2D eigenvalue weighted by atomic mass is 9.89. The lowest BCUT2D eigenvalue weighted by molar-refractivity contribution is -0.144. The number of piperidine rings is 1. The van der Waals surface area contributed by atoms with Crippen LogP contribution in [0.4, 0.5) is 4.79 Å². The molecule has 1 fully saturated rings. The van der Waals surface area contributed by atoms with Gasteiger partial charge in [-0.1, -0.05) is 13.3 Å². The first-order chi connectivity index (χ1) is 9.49. The van der Waals surface area contributed by atoms with E-state index in [0.29, 0.717) is 32.1 Å². The number of likely N-dealkylation sites (tertiary alicyclic amines) is 1. The fourth-order valence-corrected chi connectivity index (χ4v) is 2.52. The average Bonchev–Trinajstić information content (AvgIpc) is 2.44. The van der Waals surface area contributed by atoms with E-state index in [4.69, 9.17) is 4.74 Å². The molecule has 6 nitrogen and oxygen atoms in total. The van der Waals surface area contributed by atoms with Gasteiger partial charge in [0.15, 0.2) is 0 Å². The molecule has 2 N–H and O–H groups in total. The Hall–Kier alpha value is -1.30. The SMILES string of the molecule is CCOCC(C)NC(=O)N1CCC(CC)CC1C(=O)O. The smallest absolute Gasteiger partial charge is 0.326 e. The van der Waals surface area contributed by atoms with Gasteiger partial charge in [0.2, 0.25) is 0 Å². The molecule has 116 valence electrons. The van der Waals surface area contributed by atoms with Crippen molar-refractivity contribution in [2.24, 2.45) is 5.92 Å². The van der Waals surface area contributed by atoms with E-state index in [1.807, 2.05) is 13.8 Å². The molecule has 3 atom stereocenters. The Bertz CT molecular complexity index is 335. The molecule has 1 saturated heterocycles. The molecule has 0 aromatic heterocycles. The van der Waals surface area contributed by atoms with Crippen LogP contribution in [-0.4, -0.2) is 53.8 Å². The third kappa shape index (κ3) is 4.67. The molecule has 0 aromatic rings. The molecule has 0 radical (unpaired) electrons. The molecular weight excluding hydrogens is 260 g/mol. The van der Waals surface area contributed by atoms with Crippen LogP contribution >= 0.6 is 0 Å². The molecule has 3 unspecified atom stereocenters. The van der Waals surface area contributed by atoms with Crippen molar-refractivity contribution >= 4 is 12.0 Å². The van der Waals surface area contributed by atoms with Gasteiger partial charge in [-0.15, -0.1) is 0 Å². The van der Waals surface area contributed by atoms with Gasteiger partial charge in [0.25, 0.3) is 0 Å². The third-order valence-electron chi connectivity index (χ3n) is 3.78. The molecule has 20 heavy (non-hydrogen) atoms. The molecule has 0 saturated carbocycles. The highest BCUT2D eigenvalue weighted by atomic mass is 16.5. The summed E-state index contributed by atoms with van der Waals surface area (Å²) in [6.45, 7) is 7.34. The van der Waals surface area contributed by atoms with E-state index in [-0.39, 0.29) is 12.1 Å². The minimum Gasteiger partial charge on any atom is -0.480 e. The van der Waals surface area contributed by atoms with Gasteiger partial charge in [0.05, 0.1) is 12.6 Å². The number of hydrogen-bond acceptors (Lipinski definition) is 3. The highest BCUT2D eigenvalue weighted by Crippen LogP contribution is 2.25. The Morgan fingerprint density at radius 3 is 2.70 bits per heavy atom. The number of amides is 2. The Labute approximate surface area is 120 Å². The molecule has 0 bridgehead atoms. The van der Waals surface area contributed by atoms with Crippen LogP contribution in [0, 0.1) is 5.92 Å². The van der Waals surface area contributed by atoms with Crippen molar-refractivity contribution in [3.05, 3.63) is 0 Å². The van der Waals surface area contributed by atoms with Crippen molar-refractivity contribution in [2.45, 2.75) is 52.1 Å². The number of urea groups is 1. The molecule has 1 heterocycles. The van der Waals surface area contributed by atoms with Crippen molar-refractivity contribution < 1.29 is 19.4 Å². The molecule has 1 aliphatic rings. The van der Waals surface area contributed by atoms with E-state index in [0.717, 1.165) is 12.8 Å². The second-order valence-electron chi connectivity index (χ2n) is 5.36. The first-order valence-corrected chi connectivity index (χ1v) is 7.37. The third-order valence-corrected chi connectivity index (χ3v) is 3.78. The normalized spacial score (nSPS) is 24.2. The van der Waals surface area contributed by atoms with Crippen LogP contribution in [0.25, 0.3) is 0 Å². The molecular formula is C14H26N2O4. The molecule has 2 amide bonds. The number of ether oxygens (including phenoxy) is 1. The zero-order chi connectivity index (χ0) is 15.1. The van der Waals surface area contributed by atoms with Gasteiger partial charge in [-0.05, 0) is 32.6 Å². The van der Waals surface area contributed by atoms with Gasteiger partial charge in [-0.25, -0.2) is 9.59 Å². The molecule has 6 heteroatoms. The zero-order valence-electron chi connectivity index (χ0n) is 12.6. The van der Waals surface area contributed by atoms with Crippen molar-refractivity contribution in [1.82, 2.24) is 10.2 Å². The first-order valence-electron chi connectivity index (χ1n) is 7.37. The minimum absolute atomic E-state index is 0.124. The molecule has 0 spiro atoms. The lowest BCUT2D eigenvalue weighted by Gasteiger charge is -2.37. The highest BCUT2D eigenvalue weighted by Gasteiger charge is 2.35. The average molecular weight is 286 g/mol. The van der Waals surface area contributed by atoms with Crippen LogP contribution in [0.3, 0.4) is 0 Å². The van der Waals surface area contributed by atoms with E-state index < -0.39 is 12.0 Å². The number of rotatable bonds is 6. The van der Waals surface area contributed by atoms with Crippen molar-refractivity contribution in [3.8, 4) is 0 Å². The number of carboxylic acids is 1. The Kier molecular flexibility index (Phi) is 6.78. The van der Waals surface area contributed by atoms with Gasteiger partial charge < -0.3 is 20.1 Å². The maximum Gasteiger partial charge on any atom is 0.326 e. The Balaban J connectivity index is 2.58. The molecule has 1 aliphatic heterocycles. The van der Waals surface area contributed by atoms with Gasteiger partial charge in [-0.3, -0.25) is 0 Å². The predicted molar refractivity (Wildman–Crippen MR) is 75.6 cm³/mol. The van der Waals surface area contributed by atoms with E-state index in [9.17, 15) is 14.7 Å². The predicted octanol–water partition coefficient (Wildman–Crippen LogP) is 1.70. The monoisotopic (exact) mass is 286 g/mol. The minimum atomic E-state index is -0.921. The number of carbonyl (C=O) groups is 2. The number of nitrogens with one attached hydrogen (secondary N) is 1. The van der Waals surface area contributed by atoms with Crippen LogP contribution in [0.2, 0.25) is 0 Å². The van der Waals surface area contributed by atoms with Crippen LogP contribution in [-0.2, 0) is 9.53 Å². The summed E-state index contributed by atoms with van der Waals surface area (Å²) in [6.07, 6.45) is 2.37. The number of aliphatic carboxylic acids is 1. The highest BCUT2D eigenvalue weighted by molar-refractivity contribution is 5.83. The standard InChI is InChI=1S/C14H26N2O4/c1-4-11-6-7-16(12(8-11)13(17)18)14(19)15-10(3)9-20-5-2/h10-12H,4-9H2,1-3H3,(H,15,19)(H,17,18). The molecule has 0 aromatic carbocycles. The van der Waals surface area contributed by atoms with Gasteiger partial charge in [0.1, 0.15) is 6.04 Å². The van der Waals surface area contributed by atoms with Crippen molar-refractivity contribution in [3.63, 3.8) is 0 Å². The maximum absolute atomic E-state index is 12.2. The Morgan fingerprint density at radius 2 is 2.15 bits per heavy atom. The van der Waals surface area contributed by atoms with Gasteiger partial charge >= 0.3 is 12.0 Å². The van der Waals surface area contributed by atoms with Crippen LogP contribution in [0.1, 0.15) is 40.0 Å². The van der Waals surface area contributed by atoms with Crippen molar-refractivity contribution in [1.29, 1.82) is 0 Å². The summed E-state index contributed by atoms with van der Waals surface area (Å²) in [5.74, 6) is -0.531. The summed E-state index contributed by atoms with van der Waals surface area (Å²) >= 11 is 0. The number of nitrogens with zero attached hydrogens (tertiary/aromatic N) is 1. The second-order valence-corrected chi connectivity index (χ2v) is 5.36. The summed E-state index contributed by atoms with van der Waals surface area (Å²) in [5.41, 5.74) is 0. The summed E-state index contributed by atoms with van der Waals surface area (Å²) in [4.78, 5) is 25.0. The molecule has 0 aliphatic carbocycles. The van der Waals surface area contributed by atoms with E-state index in [1.54, 1.807) is 0 Å². The van der Waals surface area contributed by atoms with E-state index in [2.05, 4.69) is 12.2 Å². The Morgan fingerprint density at radius 1 is 1.45 bits per heavy atom. The fraction of sp³-hybridized carbons (Fsp3) is 0.857. The summed E-state index contributed by atoms with van der Waals surface area (Å²) in [6, 6.07) is -1.15. The summed E-state index contributed by atoms with van der Waals surface area (Å²) < 4.78 is 5.24. The van der Waals surface area contributed by atoms with Gasteiger partial charge in [-0.2, -0.15) is 0 Å². The van der Waals surface area contributed by atoms with E-state index in [1.165, 1.54) is 4.90 Å². The zero-order valence-corrected chi connectivity index (χ0v) is 12.6. The van der Waals surface area contributed by atoms with E-state index >= 15 is 0 Å². The van der Waals surface area contributed by atoms with Gasteiger partial charge in [0, 0.05) is 13.2 Å². The number of carboxylic acid groups (broad SMARTS) is 1. The van der Waals surface area contributed by atoms with Crippen LogP contribution < -0.4 is 5.32 Å². The van der Waals surface area contributed by atoms with Crippen molar-refractivity contribution in [2.75, 3.05) is 19.8 Å². The summed E-state index contributed by atoms with van der Waals surface area (Å²) in [7, 11) is 0. The largest absolute Gasteiger partial charge is 0.480 e. The first kappa shape index (κ1) is 16.8. The second kappa shape index (κ2) is 8.09. The number of hydrogen-bond donors (Lipinski definition) is 2. The van der Waals surface area contributed by atoms with Crippen LogP contribution in [0.5, 0.6) is 0 Å². The summed E-state index contributed by atoms with van der Waals surface area (Å²) in [5, 5.41) is 12.1. The quantitative estimate of drug-likeness (QED) is 0.779. The van der Waals surface area contributed by atoms with Crippen LogP contribution in [0.15, 0.2) is 0 Å². The topological polar surface area (TPSA) is 78.9 Å². The lowest BCUT2D eigenvalue weighted by Crippen LogP contribution is -2.55. The number of carbonyl (C=O) groups excluding carboxylic acids is 1. The fourth-order valence-electron chi connectivity index (χ4n) is 2.52.